The second kappa shape index (κ2) is 7.64. The van der Waals surface area contributed by atoms with E-state index in [1.54, 1.807) is 0 Å². The molecule has 1 N–H and O–H groups in total. The van der Waals surface area contributed by atoms with Gasteiger partial charge in [0.15, 0.2) is 6.61 Å². The number of ether oxygens (including phenoxy) is 1. The van der Waals surface area contributed by atoms with Crippen molar-refractivity contribution in [3.05, 3.63) is 65.2 Å². The Labute approximate surface area is 132 Å². The number of carbonyl (C=O) groups excluding carboxylic acids is 1. The van der Waals surface area contributed by atoms with Gasteiger partial charge in [0.2, 0.25) is 0 Å². The zero-order valence-corrected chi connectivity index (χ0v) is 13.4. The molecule has 0 aliphatic heterocycles. The summed E-state index contributed by atoms with van der Waals surface area (Å²) >= 11 is 0. The second-order valence-corrected chi connectivity index (χ2v) is 5.49. The molecular formula is C19H23NO2. The van der Waals surface area contributed by atoms with Gasteiger partial charge in [0.25, 0.3) is 5.91 Å². The van der Waals surface area contributed by atoms with Crippen LogP contribution in [0.5, 0.6) is 5.75 Å². The van der Waals surface area contributed by atoms with Gasteiger partial charge in [0.1, 0.15) is 5.75 Å². The maximum atomic E-state index is 12.1. The number of benzene rings is 2. The van der Waals surface area contributed by atoms with Crippen LogP contribution in [0.2, 0.25) is 0 Å². The lowest BCUT2D eigenvalue weighted by molar-refractivity contribution is -0.123. The number of nitrogens with one attached hydrogen (secondary N) is 1. The van der Waals surface area contributed by atoms with Gasteiger partial charge in [0.05, 0.1) is 6.04 Å². The molecule has 1 atom stereocenters. The highest BCUT2D eigenvalue weighted by molar-refractivity contribution is 5.78. The van der Waals surface area contributed by atoms with Crippen LogP contribution in [0.1, 0.15) is 36.1 Å². The zero-order chi connectivity index (χ0) is 15.9. The standard InChI is InChI=1S/C19H23NO2/c1-4-17(16-11-9-14(2)10-12-16)20-19(21)13-22-18-8-6-5-7-15(18)3/h5-12,17H,4,13H2,1-3H3,(H,20,21)/t17-/m1/s1. The van der Waals surface area contributed by atoms with Crippen LogP contribution >= 0.6 is 0 Å². The Kier molecular flexibility index (Phi) is 5.59. The molecule has 1 amide bonds. The number of hydrogen-bond acceptors (Lipinski definition) is 2. The molecule has 0 saturated heterocycles. The molecule has 2 aromatic carbocycles. The van der Waals surface area contributed by atoms with Crippen LogP contribution in [-0.4, -0.2) is 12.5 Å². The Morgan fingerprint density at radius 3 is 2.41 bits per heavy atom. The molecule has 0 aliphatic carbocycles. The van der Waals surface area contributed by atoms with Gasteiger partial charge in [-0.25, -0.2) is 0 Å². The Morgan fingerprint density at radius 1 is 1.09 bits per heavy atom. The maximum absolute atomic E-state index is 12.1. The summed E-state index contributed by atoms with van der Waals surface area (Å²) in [5.41, 5.74) is 3.37. The van der Waals surface area contributed by atoms with Gasteiger partial charge in [-0.05, 0) is 37.5 Å². The van der Waals surface area contributed by atoms with Crippen molar-refractivity contribution in [1.82, 2.24) is 5.32 Å². The smallest absolute Gasteiger partial charge is 0.258 e. The molecule has 0 spiro atoms. The van der Waals surface area contributed by atoms with Crippen molar-refractivity contribution in [2.75, 3.05) is 6.61 Å². The number of hydrogen-bond donors (Lipinski definition) is 1. The molecule has 0 radical (unpaired) electrons. The van der Waals surface area contributed by atoms with Crippen molar-refractivity contribution in [3.8, 4) is 5.75 Å². The molecular weight excluding hydrogens is 274 g/mol. The topological polar surface area (TPSA) is 38.3 Å². The van der Waals surface area contributed by atoms with Crippen LogP contribution in [0.4, 0.5) is 0 Å². The Hall–Kier alpha value is -2.29. The van der Waals surface area contributed by atoms with Crippen molar-refractivity contribution >= 4 is 5.91 Å². The van der Waals surface area contributed by atoms with Crippen LogP contribution in [0, 0.1) is 13.8 Å². The first-order chi connectivity index (χ1) is 10.6. The summed E-state index contributed by atoms with van der Waals surface area (Å²) in [6, 6.07) is 16.0. The van der Waals surface area contributed by atoms with E-state index in [4.69, 9.17) is 4.74 Å². The number of aryl methyl sites for hydroxylation is 2. The quantitative estimate of drug-likeness (QED) is 0.876. The second-order valence-electron chi connectivity index (χ2n) is 5.49. The lowest BCUT2D eigenvalue weighted by Crippen LogP contribution is -2.32. The van der Waals surface area contributed by atoms with Crippen LogP contribution in [0.15, 0.2) is 48.5 Å². The molecule has 2 aromatic rings. The third-order valence-electron chi connectivity index (χ3n) is 3.68. The van der Waals surface area contributed by atoms with Crippen LogP contribution in [0.3, 0.4) is 0 Å². The van der Waals surface area contributed by atoms with Gasteiger partial charge in [-0.2, -0.15) is 0 Å². The van der Waals surface area contributed by atoms with Crippen LogP contribution in [-0.2, 0) is 4.79 Å². The molecule has 0 bridgehead atoms. The number of rotatable bonds is 6. The lowest BCUT2D eigenvalue weighted by atomic mass is 10.0. The molecule has 0 aromatic heterocycles. The fourth-order valence-electron chi connectivity index (χ4n) is 2.32. The average molecular weight is 297 g/mol. The van der Waals surface area contributed by atoms with E-state index in [2.05, 4.69) is 43.4 Å². The summed E-state index contributed by atoms with van der Waals surface area (Å²) in [4.78, 5) is 12.1. The predicted molar refractivity (Wildman–Crippen MR) is 89.0 cm³/mol. The highest BCUT2D eigenvalue weighted by Crippen LogP contribution is 2.18. The summed E-state index contributed by atoms with van der Waals surface area (Å²) in [5, 5.41) is 3.03. The fourth-order valence-corrected chi connectivity index (χ4v) is 2.32. The number of carbonyl (C=O) groups is 1. The first-order valence-corrected chi connectivity index (χ1v) is 7.64. The molecule has 0 aliphatic rings. The molecule has 2 rings (SSSR count). The summed E-state index contributed by atoms with van der Waals surface area (Å²) in [6.45, 7) is 6.12. The van der Waals surface area contributed by atoms with Crippen molar-refractivity contribution in [2.45, 2.75) is 33.2 Å². The van der Waals surface area contributed by atoms with Crippen LogP contribution in [0.25, 0.3) is 0 Å². The van der Waals surface area contributed by atoms with E-state index in [1.807, 2.05) is 31.2 Å². The molecule has 0 saturated carbocycles. The van der Waals surface area contributed by atoms with Crippen molar-refractivity contribution in [3.63, 3.8) is 0 Å². The van der Waals surface area contributed by atoms with Gasteiger partial charge in [-0.15, -0.1) is 0 Å². The minimum absolute atomic E-state index is 0.0218. The molecule has 3 nitrogen and oxygen atoms in total. The zero-order valence-electron chi connectivity index (χ0n) is 13.4. The summed E-state index contributed by atoms with van der Waals surface area (Å²) < 4.78 is 5.59. The third kappa shape index (κ3) is 4.35. The van der Waals surface area contributed by atoms with Gasteiger partial charge in [-0.3, -0.25) is 4.79 Å². The fraction of sp³-hybridized carbons (Fsp3) is 0.316. The largest absolute Gasteiger partial charge is 0.484 e. The minimum atomic E-state index is -0.101. The lowest BCUT2D eigenvalue weighted by Gasteiger charge is -2.18. The van der Waals surface area contributed by atoms with Crippen molar-refractivity contribution < 1.29 is 9.53 Å². The predicted octanol–water partition coefficient (Wildman–Crippen LogP) is 3.95. The minimum Gasteiger partial charge on any atom is -0.484 e. The first kappa shape index (κ1) is 16.1. The number of para-hydroxylation sites is 1. The van der Waals surface area contributed by atoms with Gasteiger partial charge in [-0.1, -0.05) is 55.0 Å². The Balaban J connectivity index is 1.92. The Morgan fingerprint density at radius 2 is 1.77 bits per heavy atom. The molecule has 0 fully saturated rings. The Bertz CT molecular complexity index is 620. The summed E-state index contributed by atoms with van der Waals surface area (Å²) in [5.74, 6) is 0.650. The highest BCUT2D eigenvalue weighted by atomic mass is 16.5. The molecule has 0 heterocycles. The third-order valence-corrected chi connectivity index (χ3v) is 3.68. The summed E-state index contributed by atoms with van der Waals surface area (Å²) in [6.07, 6.45) is 0.846. The van der Waals surface area contributed by atoms with E-state index in [0.717, 1.165) is 23.3 Å². The average Bonchev–Trinajstić information content (AvgIpc) is 2.53. The maximum Gasteiger partial charge on any atom is 0.258 e. The van der Waals surface area contributed by atoms with E-state index in [0.29, 0.717) is 0 Å². The van der Waals surface area contributed by atoms with Gasteiger partial charge < -0.3 is 10.1 Å². The molecule has 0 unspecified atom stereocenters. The SMILES string of the molecule is CC[C@@H](NC(=O)COc1ccccc1C)c1ccc(C)cc1. The summed E-state index contributed by atoms with van der Waals surface area (Å²) in [7, 11) is 0. The first-order valence-electron chi connectivity index (χ1n) is 7.64. The number of amides is 1. The van der Waals surface area contributed by atoms with E-state index >= 15 is 0 Å². The van der Waals surface area contributed by atoms with E-state index in [1.165, 1.54) is 5.56 Å². The van der Waals surface area contributed by atoms with Crippen molar-refractivity contribution in [2.24, 2.45) is 0 Å². The highest BCUT2D eigenvalue weighted by Gasteiger charge is 2.13. The van der Waals surface area contributed by atoms with Crippen LogP contribution < -0.4 is 10.1 Å². The van der Waals surface area contributed by atoms with Gasteiger partial charge in [0, 0.05) is 0 Å². The normalized spacial score (nSPS) is 11.8. The van der Waals surface area contributed by atoms with Gasteiger partial charge >= 0.3 is 0 Å². The molecule has 22 heavy (non-hydrogen) atoms. The van der Waals surface area contributed by atoms with Crippen molar-refractivity contribution in [1.29, 1.82) is 0 Å². The monoisotopic (exact) mass is 297 g/mol. The van der Waals surface area contributed by atoms with E-state index < -0.39 is 0 Å². The molecule has 116 valence electrons. The van der Waals surface area contributed by atoms with E-state index in [-0.39, 0.29) is 18.6 Å². The van der Waals surface area contributed by atoms with E-state index in [9.17, 15) is 4.79 Å². The molecule has 3 heteroatoms.